The lowest BCUT2D eigenvalue weighted by molar-refractivity contribution is -0.120. The molecule has 0 aliphatic heterocycles. The number of hydrogen-bond acceptors (Lipinski definition) is 4. The van der Waals surface area contributed by atoms with Crippen molar-refractivity contribution < 1.29 is 17.9 Å². The number of sulfonamides is 1. The van der Waals surface area contributed by atoms with Gasteiger partial charge in [-0.1, -0.05) is 42.0 Å². The minimum Gasteiger partial charge on any atom is -0.494 e. The number of benzene rings is 3. The van der Waals surface area contributed by atoms with Crippen LogP contribution in [0.2, 0.25) is 0 Å². The summed E-state index contributed by atoms with van der Waals surface area (Å²) in [6.45, 7) is 9.67. The van der Waals surface area contributed by atoms with Crippen LogP contribution in [0.1, 0.15) is 42.1 Å². The van der Waals surface area contributed by atoms with E-state index in [9.17, 15) is 13.2 Å². The monoisotopic (exact) mass is 480 g/mol. The maximum absolute atomic E-state index is 13.6. The van der Waals surface area contributed by atoms with Crippen molar-refractivity contribution in [3.63, 3.8) is 0 Å². The summed E-state index contributed by atoms with van der Waals surface area (Å²) in [6.07, 6.45) is 0. The molecule has 3 aromatic carbocycles. The van der Waals surface area contributed by atoms with Gasteiger partial charge in [0.25, 0.3) is 10.0 Å². The van der Waals surface area contributed by atoms with Crippen LogP contribution >= 0.6 is 0 Å². The van der Waals surface area contributed by atoms with E-state index in [0.29, 0.717) is 12.3 Å². The number of ether oxygens (including phenoxy) is 1. The molecule has 3 rings (SSSR count). The molecular formula is C27H32N2O4S. The highest BCUT2D eigenvalue weighted by atomic mass is 32.2. The van der Waals surface area contributed by atoms with E-state index in [4.69, 9.17) is 4.74 Å². The van der Waals surface area contributed by atoms with Gasteiger partial charge >= 0.3 is 0 Å². The quantitative estimate of drug-likeness (QED) is 0.463. The van der Waals surface area contributed by atoms with E-state index in [2.05, 4.69) is 5.32 Å². The van der Waals surface area contributed by atoms with Gasteiger partial charge in [-0.15, -0.1) is 0 Å². The number of carbonyl (C=O) groups excluding carboxylic acids is 1. The minimum absolute atomic E-state index is 0.145. The molecule has 1 amide bonds. The fraction of sp³-hybridized carbons (Fsp3) is 0.296. The molecule has 0 saturated carbocycles. The van der Waals surface area contributed by atoms with Gasteiger partial charge in [-0.05, 0) is 81.6 Å². The molecule has 0 spiro atoms. The van der Waals surface area contributed by atoms with E-state index >= 15 is 0 Å². The van der Waals surface area contributed by atoms with Gasteiger partial charge in [0.15, 0.2) is 0 Å². The zero-order valence-electron chi connectivity index (χ0n) is 20.3. The van der Waals surface area contributed by atoms with Gasteiger partial charge in [0.05, 0.1) is 23.2 Å². The van der Waals surface area contributed by atoms with Crippen molar-refractivity contribution in [3.05, 3.63) is 89.0 Å². The maximum atomic E-state index is 13.6. The first kappa shape index (κ1) is 25.3. The van der Waals surface area contributed by atoms with Crippen molar-refractivity contribution in [1.82, 2.24) is 5.32 Å². The normalized spacial score (nSPS) is 12.1. The number of rotatable bonds is 9. The van der Waals surface area contributed by atoms with Crippen LogP contribution in [0.15, 0.2) is 71.6 Å². The van der Waals surface area contributed by atoms with E-state index in [-0.39, 0.29) is 17.5 Å². The van der Waals surface area contributed by atoms with Crippen molar-refractivity contribution in [2.24, 2.45) is 0 Å². The molecule has 34 heavy (non-hydrogen) atoms. The van der Waals surface area contributed by atoms with Crippen molar-refractivity contribution in [3.8, 4) is 5.75 Å². The van der Waals surface area contributed by atoms with Crippen LogP contribution < -0.4 is 14.4 Å². The largest absolute Gasteiger partial charge is 0.494 e. The summed E-state index contributed by atoms with van der Waals surface area (Å²) in [4.78, 5) is 13.2. The summed E-state index contributed by atoms with van der Waals surface area (Å²) in [5.41, 5.74) is 4.03. The second-order valence-corrected chi connectivity index (χ2v) is 10.3. The lowest BCUT2D eigenvalue weighted by Gasteiger charge is -2.27. The first-order valence-corrected chi connectivity index (χ1v) is 12.7. The van der Waals surface area contributed by atoms with Gasteiger partial charge in [-0.25, -0.2) is 8.42 Å². The summed E-state index contributed by atoms with van der Waals surface area (Å²) < 4.78 is 33.9. The molecule has 0 fully saturated rings. The van der Waals surface area contributed by atoms with Gasteiger partial charge in [-0.3, -0.25) is 9.10 Å². The van der Waals surface area contributed by atoms with Crippen LogP contribution in [0.25, 0.3) is 0 Å². The standard InChI is InChI=1S/C27H32N2O4S/c1-6-33-24-13-11-23(12-14-24)22(5)28-27(30)18-29(26-17-20(3)7-10-21(26)4)34(31,32)25-15-8-19(2)9-16-25/h7-17,22H,6,18H2,1-5H3,(H,28,30)/t22-/m0/s1. The Labute approximate surface area is 202 Å². The van der Waals surface area contributed by atoms with E-state index in [1.807, 2.05) is 71.0 Å². The molecule has 1 N–H and O–H groups in total. The second-order valence-electron chi connectivity index (χ2n) is 8.41. The molecule has 0 aliphatic rings. The maximum Gasteiger partial charge on any atom is 0.264 e. The number of nitrogens with one attached hydrogen (secondary N) is 1. The van der Waals surface area contributed by atoms with Gasteiger partial charge in [0, 0.05) is 0 Å². The third kappa shape index (κ3) is 5.97. The molecule has 1 atom stereocenters. The van der Waals surface area contributed by atoms with Crippen molar-refractivity contribution >= 4 is 21.6 Å². The minimum atomic E-state index is -3.96. The molecule has 180 valence electrons. The van der Waals surface area contributed by atoms with E-state index in [1.54, 1.807) is 30.3 Å². The Morgan fingerprint density at radius 1 is 0.941 bits per heavy atom. The van der Waals surface area contributed by atoms with Gasteiger partial charge in [-0.2, -0.15) is 0 Å². The fourth-order valence-electron chi connectivity index (χ4n) is 3.65. The van der Waals surface area contributed by atoms with Crippen LogP contribution in [0, 0.1) is 20.8 Å². The predicted octanol–water partition coefficient (Wildman–Crippen LogP) is 5.08. The Balaban J connectivity index is 1.88. The summed E-state index contributed by atoms with van der Waals surface area (Å²) in [5.74, 6) is 0.369. The molecule has 7 heteroatoms. The topological polar surface area (TPSA) is 75.7 Å². The van der Waals surface area contributed by atoms with Gasteiger partial charge in [0.2, 0.25) is 5.91 Å². The van der Waals surface area contributed by atoms with Gasteiger partial charge < -0.3 is 10.1 Å². The summed E-state index contributed by atoms with van der Waals surface area (Å²) >= 11 is 0. The number of carbonyl (C=O) groups is 1. The molecular weight excluding hydrogens is 448 g/mol. The Morgan fingerprint density at radius 3 is 2.18 bits per heavy atom. The van der Waals surface area contributed by atoms with Crippen LogP contribution in [-0.4, -0.2) is 27.5 Å². The lowest BCUT2D eigenvalue weighted by atomic mass is 10.1. The number of amides is 1. The van der Waals surface area contributed by atoms with Crippen molar-refractivity contribution in [2.75, 3.05) is 17.5 Å². The van der Waals surface area contributed by atoms with Crippen LogP contribution in [0.4, 0.5) is 5.69 Å². The Kier molecular flexibility index (Phi) is 7.99. The zero-order valence-corrected chi connectivity index (χ0v) is 21.1. The molecule has 0 aliphatic carbocycles. The highest BCUT2D eigenvalue weighted by Crippen LogP contribution is 2.28. The first-order chi connectivity index (χ1) is 16.1. The van der Waals surface area contributed by atoms with E-state index < -0.39 is 15.9 Å². The second kappa shape index (κ2) is 10.7. The van der Waals surface area contributed by atoms with Gasteiger partial charge in [0.1, 0.15) is 12.3 Å². The molecule has 0 radical (unpaired) electrons. The third-order valence-electron chi connectivity index (χ3n) is 5.60. The van der Waals surface area contributed by atoms with Crippen LogP contribution in [0.3, 0.4) is 0 Å². The molecule has 0 bridgehead atoms. The lowest BCUT2D eigenvalue weighted by Crippen LogP contribution is -2.42. The average molecular weight is 481 g/mol. The van der Waals surface area contributed by atoms with E-state index in [0.717, 1.165) is 28.0 Å². The number of hydrogen-bond donors (Lipinski definition) is 1. The van der Waals surface area contributed by atoms with Crippen molar-refractivity contribution in [2.45, 2.75) is 45.6 Å². The molecule has 0 saturated heterocycles. The molecule has 3 aromatic rings. The van der Waals surface area contributed by atoms with Crippen LogP contribution in [-0.2, 0) is 14.8 Å². The first-order valence-electron chi connectivity index (χ1n) is 11.3. The number of anilines is 1. The summed E-state index contributed by atoms with van der Waals surface area (Å²) in [6, 6.07) is 19.4. The molecule has 0 heterocycles. The molecule has 0 unspecified atom stereocenters. The molecule has 6 nitrogen and oxygen atoms in total. The third-order valence-corrected chi connectivity index (χ3v) is 7.37. The number of nitrogens with zero attached hydrogens (tertiary/aromatic N) is 1. The highest BCUT2D eigenvalue weighted by Gasteiger charge is 2.29. The smallest absolute Gasteiger partial charge is 0.264 e. The SMILES string of the molecule is CCOc1ccc([C@H](C)NC(=O)CN(c2cc(C)ccc2C)S(=O)(=O)c2ccc(C)cc2)cc1. The average Bonchev–Trinajstić information content (AvgIpc) is 2.80. The summed E-state index contributed by atoms with van der Waals surface area (Å²) in [7, 11) is -3.96. The van der Waals surface area contributed by atoms with Crippen molar-refractivity contribution in [1.29, 1.82) is 0 Å². The highest BCUT2D eigenvalue weighted by molar-refractivity contribution is 7.92. The Hall–Kier alpha value is -3.32. The molecule has 0 aromatic heterocycles. The Bertz CT molecular complexity index is 1240. The Morgan fingerprint density at radius 2 is 1.56 bits per heavy atom. The number of aryl methyl sites for hydroxylation is 3. The zero-order chi connectivity index (χ0) is 24.9. The van der Waals surface area contributed by atoms with E-state index in [1.165, 1.54) is 4.31 Å². The van der Waals surface area contributed by atoms with Crippen LogP contribution in [0.5, 0.6) is 5.75 Å². The fourth-order valence-corrected chi connectivity index (χ4v) is 5.12. The predicted molar refractivity (Wildman–Crippen MR) is 136 cm³/mol. The summed E-state index contributed by atoms with van der Waals surface area (Å²) in [5, 5.41) is 2.93.